The molecule has 2 aromatic carbocycles. The lowest BCUT2D eigenvalue weighted by Crippen LogP contribution is -2.36. The minimum atomic E-state index is -0.751. The quantitative estimate of drug-likeness (QED) is 0.841. The van der Waals surface area contributed by atoms with Crippen molar-refractivity contribution >= 4 is 40.7 Å². The van der Waals surface area contributed by atoms with Crippen LogP contribution in [0.5, 0.6) is 0 Å². The van der Waals surface area contributed by atoms with Gasteiger partial charge in [0, 0.05) is 11.6 Å². The zero-order valence-corrected chi connectivity index (χ0v) is 13.1. The van der Waals surface area contributed by atoms with E-state index in [4.69, 9.17) is 23.2 Å². The van der Waals surface area contributed by atoms with Gasteiger partial charge in [0.25, 0.3) is 0 Å². The third-order valence-electron chi connectivity index (χ3n) is 2.92. The number of para-hydroxylation sites is 1. The van der Waals surface area contributed by atoms with Crippen LogP contribution in [-0.2, 0) is 16.0 Å². The molecule has 0 atom stereocenters. The van der Waals surface area contributed by atoms with Crippen LogP contribution in [0.2, 0.25) is 10.0 Å². The average molecular weight is 337 g/mol. The van der Waals surface area contributed by atoms with Gasteiger partial charge in [-0.1, -0.05) is 47.5 Å². The number of anilines is 1. The summed E-state index contributed by atoms with van der Waals surface area (Å²) in [6.07, 6.45) is 0.589. The normalized spacial score (nSPS) is 10.1. The van der Waals surface area contributed by atoms with E-state index in [0.717, 1.165) is 5.56 Å². The number of benzene rings is 2. The lowest BCUT2D eigenvalue weighted by molar-refractivity contribution is -0.136. The molecule has 114 valence electrons. The average Bonchev–Trinajstić information content (AvgIpc) is 2.49. The molecule has 0 saturated carbocycles. The van der Waals surface area contributed by atoms with E-state index in [9.17, 15) is 9.59 Å². The first kappa shape index (κ1) is 16.3. The molecule has 2 aromatic rings. The summed E-state index contributed by atoms with van der Waals surface area (Å²) in [6, 6.07) is 14.1. The van der Waals surface area contributed by atoms with Crippen LogP contribution in [0, 0.1) is 0 Å². The molecule has 0 bridgehead atoms. The molecule has 4 nitrogen and oxygen atoms in total. The number of carbonyl (C=O) groups excluding carboxylic acids is 2. The summed E-state index contributed by atoms with van der Waals surface area (Å²) < 4.78 is 0. The van der Waals surface area contributed by atoms with E-state index in [-0.39, 0.29) is 0 Å². The molecule has 6 heteroatoms. The zero-order chi connectivity index (χ0) is 15.9. The molecule has 22 heavy (non-hydrogen) atoms. The van der Waals surface area contributed by atoms with E-state index in [1.165, 1.54) is 0 Å². The summed E-state index contributed by atoms with van der Waals surface area (Å²) in [5.74, 6) is -1.46. The summed E-state index contributed by atoms with van der Waals surface area (Å²) in [4.78, 5) is 23.5. The number of carbonyl (C=O) groups is 2. The number of hydrogen-bond acceptors (Lipinski definition) is 2. The highest BCUT2D eigenvalue weighted by Gasteiger charge is 2.14. The van der Waals surface area contributed by atoms with Crippen LogP contribution >= 0.6 is 23.2 Å². The molecule has 0 aliphatic heterocycles. The largest absolute Gasteiger partial charge is 0.347 e. The monoisotopic (exact) mass is 336 g/mol. The van der Waals surface area contributed by atoms with E-state index in [1.807, 2.05) is 18.2 Å². The highest BCUT2D eigenvalue weighted by atomic mass is 35.5. The van der Waals surface area contributed by atoms with Crippen molar-refractivity contribution in [3.8, 4) is 0 Å². The molecule has 2 N–H and O–H groups in total. The molecule has 0 unspecified atom stereocenters. The van der Waals surface area contributed by atoms with Gasteiger partial charge in [0.2, 0.25) is 0 Å². The molecule has 0 fully saturated rings. The van der Waals surface area contributed by atoms with Gasteiger partial charge >= 0.3 is 11.8 Å². The van der Waals surface area contributed by atoms with Crippen molar-refractivity contribution in [1.82, 2.24) is 5.32 Å². The Labute approximate surface area is 138 Å². The van der Waals surface area contributed by atoms with E-state index in [0.29, 0.717) is 28.7 Å². The van der Waals surface area contributed by atoms with Crippen LogP contribution < -0.4 is 10.6 Å². The first-order valence-corrected chi connectivity index (χ1v) is 7.40. The Morgan fingerprint density at radius 3 is 2.45 bits per heavy atom. The maximum atomic E-state index is 11.8. The van der Waals surface area contributed by atoms with Gasteiger partial charge in [-0.25, -0.2) is 0 Å². The van der Waals surface area contributed by atoms with Gasteiger partial charge in [-0.3, -0.25) is 9.59 Å². The van der Waals surface area contributed by atoms with Gasteiger partial charge in [0.1, 0.15) is 0 Å². The smallest absolute Gasteiger partial charge is 0.313 e. The van der Waals surface area contributed by atoms with Gasteiger partial charge in [-0.2, -0.15) is 0 Å². The molecule has 2 amide bonds. The Balaban J connectivity index is 1.82. The molecule has 0 aromatic heterocycles. The van der Waals surface area contributed by atoms with Gasteiger partial charge < -0.3 is 10.6 Å². The van der Waals surface area contributed by atoms with Crippen LogP contribution in [0.3, 0.4) is 0 Å². The van der Waals surface area contributed by atoms with E-state index >= 15 is 0 Å². The van der Waals surface area contributed by atoms with Gasteiger partial charge in [0.05, 0.1) is 10.7 Å². The molecular weight excluding hydrogens is 323 g/mol. The zero-order valence-electron chi connectivity index (χ0n) is 11.6. The van der Waals surface area contributed by atoms with Crippen molar-refractivity contribution in [2.75, 3.05) is 11.9 Å². The molecule has 0 saturated heterocycles. The van der Waals surface area contributed by atoms with Crippen molar-refractivity contribution in [2.45, 2.75) is 6.42 Å². The standard InChI is InChI=1S/C16H14Cl2N2O2/c17-12-5-3-4-11(10-12)8-9-19-15(21)16(22)20-14-7-2-1-6-13(14)18/h1-7,10H,8-9H2,(H,19,21)(H,20,22). The predicted octanol–water partition coefficient (Wildman–Crippen LogP) is 3.29. The molecule has 0 spiro atoms. The predicted molar refractivity (Wildman–Crippen MR) is 88.2 cm³/mol. The van der Waals surface area contributed by atoms with Crippen molar-refractivity contribution in [1.29, 1.82) is 0 Å². The minimum Gasteiger partial charge on any atom is -0.347 e. The maximum absolute atomic E-state index is 11.8. The van der Waals surface area contributed by atoms with E-state index in [1.54, 1.807) is 30.3 Å². The molecule has 0 aliphatic rings. The first-order valence-electron chi connectivity index (χ1n) is 6.64. The SMILES string of the molecule is O=C(NCCc1cccc(Cl)c1)C(=O)Nc1ccccc1Cl. The second kappa shape index (κ2) is 7.82. The molecule has 0 aliphatic carbocycles. The van der Waals surface area contributed by atoms with Gasteiger partial charge in [-0.15, -0.1) is 0 Å². The van der Waals surface area contributed by atoms with Crippen molar-refractivity contribution in [2.24, 2.45) is 0 Å². The van der Waals surface area contributed by atoms with E-state index in [2.05, 4.69) is 10.6 Å². The fraction of sp³-hybridized carbons (Fsp3) is 0.125. The summed E-state index contributed by atoms with van der Waals surface area (Å²) in [7, 11) is 0. The van der Waals surface area contributed by atoms with Gasteiger partial charge in [-0.05, 0) is 36.2 Å². The lowest BCUT2D eigenvalue weighted by atomic mass is 10.1. The summed E-state index contributed by atoms with van der Waals surface area (Å²) in [5, 5.41) is 6.03. The van der Waals surface area contributed by atoms with E-state index < -0.39 is 11.8 Å². The third-order valence-corrected chi connectivity index (χ3v) is 3.48. The molecular formula is C16H14Cl2N2O2. The summed E-state index contributed by atoms with van der Waals surface area (Å²) in [6.45, 7) is 0.342. The maximum Gasteiger partial charge on any atom is 0.313 e. The van der Waals surface area contributed by atoms with Crippen molar-refractivity contribution in [3.63, 3.8) is 0 Å². The lowest BCUT2D eigenvalue weighted by Gasteiger charge is -2.08. The number of hydrogen-bond donors (Lipinski definition) is 2. The Kier molecular flexibility index (Phi) is 5.81. The number of halogens is 2. The Morgan fingerprint density at radius 1 is 0.955 bits per heavy atom. The van der Waals surface area contributed by atoms with Crippen molar-refractivity contribution in [3.05, 3.63) is 64.1 Å². The summed E-state index contributed by atoms with van der Waals surface area (Å²) in [5.41, 5.74) is 1.39. The Hall–Kier alpha value is -2.04. The second-order valence-corrected chi connectivity index (χ2v) is 5.41. The third kappa shape index (κ3) is 4.76. The second-order valence-electron chi connectivity index (χ2n) is 4.57. The topological polar surface area (TPSA) is 58.2 Å². The first-order chi connectivity index (χ1) is 10.6. The number of nitrogens with one attached hydrogen (secondary N) is 2. The summed E-state index contributed by atoms with van der Waals surface area (Å²) >= 11 is 11.8. The van der Waals surface area contributed by atoms with Gasteiger partial charge in [0.15, 0.2) is 0 Å². The molecule has 2 rings (SSSR count). The Morgan fingerprint density at radius 2 is 1.73 bits per heavy atom. The molecule has 0 radical (unpaired) electrons. The fourth-order valence-corrected chi connectivity index (χ4v) is 2.23. The Bertz CT molecular complexity index is 689. The molecule has 0 heterocycles. The van der Waals surface area contributed by atoms with Crippen LogP contribution in [0.1, 0.15) is 5.56 Å². The number of rotatable bonds is 4. The highest BCUT2D eigenvalue weighted by molar-refractivity contribution is 6.41. The fourth-order valence-electron chi connectivity index (χ4n) is 1.83. The highest BCUT2D eigenvalue weighted by Crippen LogP contribution is 2.20. The van der Waals surface area contributed by atoms with Crippen LogP contribution in [-0.4, -0.2) is 18.4 Å². The van der Waals surface area contributed by atoms with Crippen LogP contribution in [0.25, 0.3) is 0 Å². The van der Waals surface area contributed by atoms with Crippen LogP contribution in [0.15, 0.2) is 48.5 Å². The minimum absolute atomic E-state index is 0.342. The van der Waals surface area contributed by atoms with Crippen molar-refractivity contribution < 1.29 is 9.59 Å². The van der Waals surface area contributed by atoms with Crippen LogP contribution in [0.4, 0.5) is 5.69 Å². The number of amides is 2.